The molecule has 1 nitrogen and oxygen atoms in total. The standard InChI is InChI=1S/C12H23B2IN/c1-12(9-16,14-15)10-5-2-3-7-11(13)8-4-6-10/h10-11H,2-9,16H2,1H3. The van der Waals surface area contributed by atoms with Crippen molar-refractivity contribution in [1.29, 1.82) is 0 Å². The summed E-state index contributed by atoms with van der Waals surface area (Å²) in [7, 11) is 6.06. The van der Waals surface area contributed by atoms with E-state index < -0.39 is 0 Å². The molecule has 1 saturated carbocycles. The molecule has 3 unspecified atom stereocenters. The molecule has 1 rings (SSSR count). The highest BCUT2D eigenvalue weighted by Gasteiger charge is 2.32. The summed E-state index contributed by atoms with van der Waals surface area (Å²) in [6.07, 6.45) is 8.89. The Kier molecular flexibility index (Phi) is 6.79. The van der Waals surface area contributed by atoms with Crippen molar-refractivity contribution in [1.82, 2.24) is 0 Å². The number of hydrogen-bond acceptors (Lipinski definition) is 1. The van der Waals surface area contributed by atoms with Crippen LogP contribution in [0.5, 0.6) is 0 Å². The minimum Gasteiger partial charge on any atom is -0.331 e. The first kappa shape index (κ1) is 14.9. The molecule has 0 spiro atoms. The predicted molar refractivity (Wildman–Crippen MR) is 82.5 cm³/mol. The van der Waals surface area contributed by atoms with E-state index in [2.05, 4.69) is 34.4 Å². The molecule has 1 aliphatic rings. The smallest absolute Gasteiger partial charge is 0.208 e. The van der Waals surface area contributed by atoms with E-state index in [-0.39, 0.29) is 5.31 Å². The van der Waals surface area contributed by atoms with Crippen molar-refractivity contribution >= 4 is 35.4 Å². The quantitative estimate of drug-likeness (QED) is 0.622. The molecule has 16 heavy (non-hydrogen) atoms. The average Bonchev–Trinajstić information content (AvgIpc) is 2.40. The minimum atomic E-state index is 0.217. The van der Waals surface area contributed by atoms with Crippen molar-refractivity contribution in [3.05, 3.63) is 0 Å². The Morgan fingerprint density at radius 2 is 1.81 bits per heavy atom. The summed E-state index contributed by atoms with van der Waals surface area (Å²) in [5, 5.41) is 2.50. The van der Waals surface area contributed by atoms with Gasteiger partial charge in [-0.25, -0.2) is 0 Å². The van der Waals surface area contributed by atoms with Gasteiger partial charge in [0.25, 0.3) is 0 Å². The summed E-state index contributed by atoms with van der Waals surface area (Å²) in [5.41, 5.74) is 5.94. The first-order valence-electron chi connectivity index (χ1n) is 6.52. The predicted octanol–water partition coefficient (Wildman–Crippen LogP) is 3.50. The maximum absolute atomic E-state index is 6.06. The molecule has 0 aromatic heterocycles. The Morgan fingerprint density at radius 1 is 1.25 bits per heavy atom. The lowest BCUT2D eigenvalue weighted by Crippen LogP contribution is -2.32. The van der Waals surface area contributed by atoms with Gasteiger partial charge in [-0.05, 0) is 17.8 Å². The van der Waals surface area contributed by atoms with Gasteiger partial charge in [0.2, 0.25) is 5.14 Å². The summed E-state index contributed by atoms with van der Waals surface area (Å²) in [5.74, 6) is 1.19. The fourth-order valence-corrected chi connectivity index (χ4v) is 3.43. The molecule has 0 aromatic carbocycles. The molecular weight excluding hydrogens is 307 g/mol. The van der Waals surface area contributed by atoms with Crippen molar-refractivity contribution in [3.63, 3.8) is 0 Å². The second-order valence-corrected chi connectivity index (χ2v) is 6.11. The number of rotatable bonds is 3. The molecule has 2 N–H and O–H groups in total. The Balaban J connectivity index is 2.57. The zero-order valence-electron chi connectivity index (χ0n) is 10.4. The van der Waals surface area contributed by atoms with E-state index in [0.29, 0.717) is 5.82 Å². The molecule has 0 aromatic rings. The van der Waals surface area contributed by atoms with Crippen molar-refractivity contribution in [2.45, 2.75) is 63.0 Å². The molecule has 0 saturated heterocycles. The van der Waals surface area contributed by atoms with E-state index in [1.165, 1.54) is 44.9 Å². The molecule has 3 atom stereocenters. The molecule has 0 amide bonds. The lowest BCUT2D eigenvalue weighted by atomic mass is 9.59. The maximum Gasteiger partial charge on any atom is 0.208 e. The summed E-state index contributed by atoms with van der Waals surface area (Å²) in [4.78, 5) is 0. The van der Waals surface area contributed by atoms with Gasteiger partial charge < -0.3 is 5.73 Å². The van der Waals surface area contributed by atoms with Crippen LogP contribution in [0.1, 0.15) is 51.9 Å². The molecule has 1 fully saturated rings. The first-order chi connectivity index (χ1) is 7.62. The van der Waals surface area contributed by atoms with Crippen LogP contribution >= 0.6 is 22.4 Å². The third-order valence-corrected chi connectivity index (χ3v) is 5.55. The number of halogens is 1. The zero-order chi connectivity index (χ0) is 12.0. The van der Waals surface area contributed by atoms with Gasteiger partial charge in [0.1, 0.15) is 0 Å². The fourth-order valence-electron chi connectivity index (χ4n) is 2.67. The van der Waals surface area contributed by atoms with Crippen LogP contribution in [0.2, 0.25) is 11.1 Å². The molecule has 1 aliphatic carbocycles. The Hall–Kier alpha value is 0.820. The van der Waals surface area contributed by atoms with Crippen LogP contribution < -0.4 is 5.73 Å². The molecule has 3 radical (unpaired) electrons. The number of hydrogen-bond donors (Lipinski definition) is 1. The Bertz CT molecular complexity index is 197. The monoisotopic (exact) mass is 330 g/mol. The third kappa shape index (κ3) is 4.25. The van der Waals surface area contributed by atoms with E-state index in [4.69, 9.17) is 13.6 Å². The van der Waals surface area contributed by atoms with Crippen molar-refractivity contribution in [2.75, 3.05) is 6.54 Å². The highest BCUT2D eigenvalue weighted by molar-refractivity contribution is 14.1. The average molecular weight is 330 g/mol. The maximum atomic E-state index is 6.06. The fraction of sp³-hybridized carbons (Fsp3) is 1.00. The van der Waals surface area contributed by atoms with Crippen molar-refractivity contribution < 1.29 is 0 Å². The Labute approximate surface area is 116 Å². The SMILES string of the molecule is [B]C1CCCCC(C(C)([B]I)CN)CCC1. The van der Waals surface area contributed by atoms with Crippen LogP contribution in [0.25, 0.3) is 0 Å². The molecule has 0 aliphatic heterocycles. The lowest BCUT2D eigenvalue weighted by Gasteiger charge is -2.35. The van der Waals surface area contributed by atoms with E-state index in [9.17, 15) is 0 Å². The highest BCUT2D eigenvalue weighted by atomic mass is 127. The van der Waals surface area contributed by atoms with Gasteiger partial charge in [0.05, 0.1) is 7.85 Å². The highest BCUT2D eigenvalue weighted by Crippen LogP contribution is 2.42. The second kappa shape index (κ2) is 7.30. The van der Waals surface area contributed by atoms with Gasteiger partial charge in [-0.1, -0.05) is 57.7 Å². The first-order valence-corrected chi connectivity index (χ1v) is 7.77. The van der Waals surface area contributed by atoms with Crippen LogP contribution in [0, 0.1) is 5.92 Å². The molecule has 89 valence electrons. The van der Waals surface area contributed by atoms with Gasteiger partial charge in [0, 0.05) is 0 Å². The summed E-state index contributed by atoms with van der Waals surface area (Å²) < 4.78 is 0. The van der Waals surface area contributed by atoms with Crippen LogP contribution in [0.15, 0.2) is 0 Å². The largest absolute Gasteiger partial charge is 0.331 e. The van der Waals surface area contributed by atoms with Crippen molar-refractivity contribution in [3.8, 4) is 0 Å². The van der Waals surface area contributed by atoms with Crippen LogP contribution in [-0.2, 0) is 0 Å². The van der Waals surface area contributed by atoms with Crippen LogP contribution in [0.4, 0.5) is 0 Å². The van der Waals surface area contributed by atoms with E-state index in [0.717, 1.165) is 12.5 Å². The summed E-state index contributed by atoms with van der Waals surface area (Å²) >= 11 is 2.38. The summed E-state index contributed by atoms with van der Waals surface area (Å²) in [6.45, 7) is 3.08. The lowest BCUT2D eigenvalue weighted by molar-refractivity contribution is 0.326. The Morgan fingerprint density at radius 3 is 2.44 bits per heavy atom. The van der Waals surface area contributed by atoms with E-state index >= 15 is 0 Å². The molecule has 4 heteroatoms. The van der Waals surface area contributed by atoms with Crippen LogP contribution in [0.3, 0.4) is 0 Å². The van der Waals surface area contributed by atoms with Gasteiger partial charge in [-0.15, -0.1) is 0 Å². The van der Waals surface area contributed by atoms with E-state index in [1.54, 1.807) is 0 Å². The summed E-state index contributed by atoms with van der Waals surface area (Å²) in [6, 6.07) is 0. The molecule has 0 heterocycles. The zero-order valence-corrected chi connectivity index (χ0v) is 12.6. The third-order valence-electron chi connectivity index (χ3n) is 4.13. The van der Waals surface area contributed by atoms with Gasteiger partial charge in [-0.2, -0.15) is 22.4 Å². The molecule has 0 bridgehead atoms. The number of nitrogens with two attached hydrogens (primary N) is 1. The van der Waals surface area contributed by atoms with Gasteiger partial charge >= 0.3 is 0 Å². The normalized spacial score (nSPS) is 31.9. The topological polar surface area (TPSA) is 26.0 Å². The molecular formula is C12H23B2IN. The minimum absolute atomic E-state index is 0.217. The second-order valence-electron chi connectivity index (χ2n) is 5.49. The van der Waals surface area contributed by atoms with Crippen LogP contribution in [-0.4, -0.2) is 19.5 Å². The van der Waals surface area contributed by atoms with Gasteiger partial charge in [-0.3, -0.25) is 0 Å². The van der Waals surface area contributed by atoms with E-state index in [1.807, 2.05) is 0 Å². The van der Waals surface area contributed by atoms with Gasteiger partial charge in [0.15, 0.2) is 0 Å². The van der Waals surface area contributed by atoms with Crippen molar-refractivity contribution in [2.24, 2.45) is 11.7 Å².